The fourth-order valence-corrected chi connectivity index (χ4v) is 2.93. The van der Waals surface area contributed by atoms with Crippen molar-refractivity contribution in [2.75, 3.05) is 6.61 Å². The monoisotopic (exact) mass is 397 g/mol. The van der Waals surface area contributed by atoms with Gasteiger partial charge < -0.3 is 10.4 Å². The number of aromatic nitrogens is 2. The lowest BCUT2D eigenvalue weighted by Crippen LogP contribution is -2.42. The van der Waals surface area contributed by atoms with Crippen LogP contribution in [0.2, 0.25) is 5.02 Å². The molecule has 0 aliphatic carbocycles. The normalized spacial score (nSPS) is 11.8. The van der Waals surface area contributed by atoms with E-state index in [1.807, 2.05) is 30.3 Å². The molecule has 0 spiro atoms. The van der Waals surface area contributed by atoms with Gasteiger partial charge in [-0.1, -0.05) is 54.1 Å². The Labute approximate surface area is 167 Å². The number of amides is 1. The van der Waals surface area contributed by atoms with Gasteiger partial charge in [-0.15, -0.1) is 0 Å². The number of nitrogens with one attached hydrogen (secondary N) is 1. The number of hydrogen-bond donors (Lipinski definition) is 2. The van der Waals surface area contributed by atoms with Crippen LogP contribution in [0.15, 0.2) is 71.5 Å². The molecule has 0 saturated heterocycles. The van der Waals surface area contributed by atoms with Crippen molar-refractivity contribution < 1.29 is 9.90 Å². The highest BCUT2D eigenvalue weighted by atomic mass is 35.5. The summed E-state index contributed by atoms with van der Waals surface area (Å²) >= 11 is 5.90. The molecule has 6 nitrogen and oxygen atoms in total. The Morgan fingerprint density at radius 3 is 2.46 bits per heavy atom. The minimum atomic E-state index is -0.440. The van der Waals surface area contributed by atoms with Crippen molar-refractivity contribution >= 4 is 17.5 Å². The third kappa shape index (κ3) is 5.28. The van der Waals surface area contributed by atoms with Crippen LogP contribution in [-0.4, -0.2) is 33.4 Å². The number of benzene rings is 2. The van der Waals surface area contributed by atoms with Gasteiger partial charge in [-0.25, -0.2) is 4.68 Å². The summed E-state index contributed by atoms with van der Waals surface area (Å²) in [6.45, 7) is -0.431. The molecule has 0 bridgehead atoms. The molecule has 7 heteroatoms. The number of nitrogens with zero attached hydrogens (tertiary/aromatic N) is 2. The summed E-state index contributed by atoms with van der Waals surface area (Å²) in [4.78, 5) is 24.5. The van der Waals surface area contributed by atoms with E-state index in [-0.39, 0.29) is 18.7 Å². The molecule has 2 aromatic carbocycles. The predicted octanol–water partition coefficient (Wildman–Crippen LogP) is 2.28. The van der Waals surface area contributed by atoms with Crippen LogP contribution < -0.4 is 10.9 Å². The summed E-state index contributed by atoms with van der Waals surface area (Å²) in [6, 6.07) is 19.1. The van der Waals surface area contributed by atoms with Gasteiger partial charge >= 0.3 is 0 Å². The number of halogens is 1. The van der Waals surface area contributed by atoms with E-state index in [0.29, 0.717) is 17.1 Å². The highest BCUT2D eigenvalue weighted by Gasteiger charge is 2.14. The number of carbonyl (C=O) groups excluding carboxylic acids is 1. The molecule has 0 radical (unpaired) electrons. The van der Waals surface area contributed by atoms with Crippen LogP contribution in [-0.2, 0) is 17.8 Å². The molecular formula is C21H20ClN3O3. The van der Waals surface area contributed by atoms with Crippen molar-refractivity contribution in [3.63, 3.8) is 0 Å². The molecule has 1 aromatic heterocycles. The van der Waals surface area contributed by atoms with Crippen molar-refractivity contribution in [3.05, 3.63) is 87.7 Å². The summed E-state index contributed by atoms with van der Waals surface area (Å²) in [7, 11) is 0. The Balaban J connectivity index is 1.70. The zero-order valence-corrected chi connectivity index (χ0v) is 15.8. The smallest absolute Gasteiger partial charge is 0.267 e. The van der Waals surface area contributed by atoms with Crippen LogP contribution >= 0.6 is 11.6 Å². The van der Waals surface area contributed by atoms with E-state index >= 15 is 0 Å². The third-order valence-electron chi connectivity index (χ3n) is 4.21. The first-order valence-corrected chi connectivity index (χ1v) is 9.21. The van der Waals surface area contributed by atoms with Gasteiger partial charge in [0.05, 0.1) is 18.3 Å². The molecule has 0 fully saturated rings. The first-order chi connectivity index (χ1) is 13.5. The lowest BCUT2D eigenvalue weighted by Gasteiger charge is -2.17. The van der Waals surface area contributed by atoms with Crippen LogP contribution in [0.4, 0.5) is 0 Å². The van der Waals surface area contributed by atoms with Crippen LogP contribution in [0.1, 0.15) is 5.56 Å². The molecule has 3 rings (SSSR count). The van der Waals surface area contributed by atoms with Gasteiger partial charge in [-0.2, -0.15) is 5.10 Å². The van der Waals surface area contributed by atoms with Gasteiger partial charge in [0.2, 0.25) is 5.91 Å². The lowest BCUT2D eigenvalue weighted by molar-refractivity contribution is -0.122. The molecule has 0 aliphatic rings. The Morgan fingerprint density at radius 2 is 1.79 bits per heavy atom. The van der Waals surface area contributed by atoms with Crippen molar-refractivity contribution in [2.45, 2.75) is 19.0 Å². The van der Waals surface area contributed by atoms with Crippen LogP contribution in [0.25, 0.3) is 11.3 Å². The average Bonchev–Trinajstić information content (AvgIpc) is 2.70. The number of hydrogen-bond acceptors (Lipinski definition) is 4. The molecule has 28 heavy (non-hydrogen) atoms. The second-order valence-electron chi connectivity index (χ2n) is 6.36. The van der Waals surface area contributed by atoms with E-state index in [0.717, 1.165) is 15.8 Å². The number of carbonyl (C=O) groups is 1. The van der Waals surface area contributed by atoms with E-state index < -0.39 is 11.9 Å². The summed E-state index contributed by atoms with van der Waals surface area (Å²) < 4.78 is 1.11. The van der Waals surface area contributed by atoms with Gasteiger partial charge in [0.1, 0.15) is 6.54 Å². The Bertz CT molecular complexity index is 988. The Hall–Kier alpha value is -2.96. The third-order valence-corrected chi connectivity index (χ3v) is 4.46. The van der Waals surface area contributed by atoms with Crippen molar-refractivity contribution in [1.82, 2.24) is 15.1 Å². The molecule has 1 atom stereocenters. The fraction of sp³-hybridized carbons (Fsp3) is 0.190. The van der Waals surface area contributed by atoms with Gasteiger partial charge in [-0.05, 0) is 30.2 Å². The lowest BCUT2D eigenvalue weighted by atomic mass is 10.1. The standard InChI is InChI=1S/C21H20ClN3O3/c22-17-8-6-16(7-9-17)19-10-11-21(28)25(24-19)13-20(27)23-18(14-26)12-15-4-2-1-3-5-15/h1-11,18,26H,12-14H2,(H,23,27). The summed E-state index contributed by atoms with van der Waals surface area (Å²) in [6.07, 6.45) is 0.496. The molecular weight excluding hydrogens is 378 g/mol. The largest absolute Gasteiger partial charge is 0.394 e. The second kappa shape index (κ2) is 9.30. The summed E-state index contributed by atoms with van der Waals surface area (Å²) in [5, 5.41) is 17.2. The van der Waals surface area contributed by atoms with Gasteiger partial charge in [0.15, 0.2) is 0 Å². The van der Waals surface area contributed by atoms with Crippen molar-refractivity contribution in [2.24, 2.45) is 0 Å². The maximum absolute atomic E-state index is 12.4. The second-order valence-corrected chi connectivity index (χ2v) is 6.79. The molecule has 0 aliphatic heterocycles. The van der Waals surface area contributed by atoms with Gasteiger partial charge in [-0.3, -0.25) is 9.59 Å². The molecule has 1 amide bonds. The highest BCUT2D eigenvalue weighted by Crippen LogP contribution is 2.18. The topological polar surface area (TPSA) is 84.2 Å². The van der Waals surface area contributed by atoms with E-state index in [1.165, 1.54) is 6.07 Å². The Morgan fingerprint density at radius 1 is 1.07 bits per heavy atom. The van der Waals surface area contributed by atoms with Gasteiger partial charge in [0, 0.05) is 16.7 Å². The first kappa shape index (κ1) is 19.8. The number of rotatable bonds is 7. The first-order valence-electron chi connectivity index (χ1n) is 8.83. The van der Waals surface area contributed by atoms with Crippen LogP contribution in [0.5, 0.6) is 0 Å². The molecule has 1 heterocycles. The molecule has 1 unspecified atom stereocenters. The Kier molecular flexibility index (Phi) is 6.57. The van der Waals surface area contributed by atoms with Crippen LogP contribution in [0, 0.1) is 0 Å². The van der Waals surface area contributed by atoms with E-state index in [1.54, 1.807) is 30.3 Å². The molecule has 3 aromatic rings. The zero-order chi connectivity index (χ0) is 19.9. The summed E-state index contributed by atoms with van der Waals surface area (Å²) in [5.41, 5.74) is 1.97. The SMILES string of the molecule is O=C(Cn1nc(-c2ccc(Cl)cc2)ccc1=O)NC(CO)Cc1ccccc1. The number of aliphatic hydroxyl groups is 1. The van der Waals surface area contributed by atoms with Crippen molar-refractivity contribution in [3.8, 4) is 11.3 Å². The highest BCUT2D eigenvalue weighted by molar-refractivity contribution is 6.30. The van der Waals surface area contributed by atoms with Crippen molar-refractivity contribution in [1.29, 1.82) is 0 Å². The molecule has 0 saturated carbocycles. The minimum Gasteiger partial charge on any atom is -0.394 e. The van der Waals surface area contributed by atoms with E-state index in [2.05, 4.69) is 10.4 Å². The van der Waals surface area contributed by atoms with Crippen LogP contribution in [0.3, 0.4) is 0 Å². The molecule has 2 N–H and O–H groups in total. The minimum absolute atomic E-state index is 0.201. The summed E-state index contributed by atoms with van der Waals surface area (Å²) in [5.74, 6) is -0.391. The fourth-order valence-electron chi connectivity index (χ4n) is 2.81. The maximum Gasteiger partial charge on any atom is 0.267 e. The quantitative estimate of drug-likeness (QED) is 0.640. The maximum atomic E-state index is 12.4. The van der Waals surface area contributed by atoms with Gasteiger partial charge in [0.25, 0.3) is 5.56 Å². The average molecular weight is 398 g/mol. The number of aliphatic hydroxyl groups excluding tert-OH is 1. The van der Waals surface area contributed by atoms with E-state index in [9.17, 15) is 14.7 Å². The van der Waals surface area contributed by atoms with E-state index in [4.69, 9.17) is 11.6 Å². The zero-order valence-electron chi connectivity index (χ0n) is 15.1. The predicted molar refractivity (Wildman–Crippen MR) is 108 cm³/mol. The molecule has 144 valence electrons.